The number of benzene rings is 3. The van der Waals surface area contributed by atoms with Gasteiger partial charge in [-0.05, 0) is 65.8 Å². The molecule has 176 valence electrons. The number of aromatic nitrogens is 2. The third-order valence-electron chi connectivity index (χ3n) is 5.26. The molecule has 0 aliphatic carbocycles. The van der Waals surface area contributed by atoms with E-state index in [0.29, 0.717) is 27.9 Å². The Morgan fingerprint density at radius 1 is 0.892 bits per heavy atom. The number of furan rings is 1. The standard InChI is InChI=1S/C25H18FN3O2.CH2O3.2Cs/c1-27-25(30)23-20-14-17(16-3-2-4-18(13-16)21-11-12-28-29-21)7-10-22(20)31-24(23)15-5-8-19(26)9-6-15;2-1(3)4;;/h2-14H,1H3,(H,27,30)(H,28,29);(H2,2,3,4);;/q;;2*+1/p-2. The number of nitrogens with one attached hydrogen (secondary N) is 2. The Morgan fingerprint density at radius 3 is 2.14 bits per heavy atom. The van der Waals surface area contributed by atoms with Gasteiger partial charge in [-0.3, -0.25) is 9.89 Å². The monoisotopic (exact) mass is 737 g/mol. The number of carboxylic acid groups (broad SMARTS) is 2. The molecule has 37 heavy (non-hydrogen) atoms. The quantitative estimate of drug-likeness (QED) is 0.205. The number of aromatic amines is 1. The maximum Gasteiger partial charge on any atom is 1.00 e. The topological polar surface area (TPSA) is 134 Å². The number of halogens is 1. The summed E-state index contributed by atoms with van der Waals surface area (Å²) in [4.78, 5) is 21.1. The van der Waals surface area contributed by atoms with Crippen LogP contribution in [0.15, 0.2) is 83.4 Å². The van der Waals surface area contributed by atoms with Gasteiger partial charge in [0.1, 0.15) is 17.2 Å². The number of H-pyrrole nitrogens is 1. The van der Waals surface area contributed by atoms with Crippen LogP contribution in [0.5, 0.6) is 0 Å². The Labute approximate surface area is 329 Å². The minimum Gasteiger partial charge on any atom is -0.652 e. The summed E-state index contributed by atoms with van der Waals surface area (Å²) in [6.45, 7) is 0. The number of amides is 1. The van der Waals surface area contributed by atoms with Crippen molar-refractivity contribution in [2.24, 2.45) is 0 Å². The van der Waals surface area contributed by atoms with Crippen molar-refractivity contribution in [1.29, 1.82) is 0 Å². The van der Waals surface area contributed by atoms with E-state index in [2.05, 4.69) is 21.6 Å². The predicted octanol–water partition coefficient (Wildman–Crippen LogP) is -2.78. The Hall–Kier alpha value is -0.816. The van der Waals surface area contributed by atoms with Crippen molar-refractivity contribution in [3.05, 3.63) is 90.4 Å². The molecule has 1 amide bonds. The van der Waals surface area contributed by atoms with Crippen molar-refractivity contribution in [3.63, 3.8) is 0 Å². The first kappa shape index (κ1) is 32.4. The van der Waals surface area contributed by atoms with Gasteiger partial charge in [0.2, 0.25) is 0 Å². The van der Waals surface area contributed by atoms with E-state index in [0.717, 1.165) is 22.4 Å². The van der Waals surface area contributed by atoms with Crippen LogP contribution in [-0.4, -0.2) is 29.3 Å². The van der Waals surface area contributed by atoms with Gasteiger partial charge in [-0.25, -0.2) is 4.39 Å². The fraction of sp³-hybridized carbons (Fsp3) is 0.0385. The summed E-state index contributed by atoms with van der Waals surface area (Å²) >= 11 is 0. The first-order valence-corrected chi connectivity index (χ1v) is 10.4. The van der Waals surface area contributed by atoms with E-state index in [1.165, 1.54) is 12.1 Å². The van der Waals surface area contributed by atoms with Crippen LogP contribution in [0, 0.1) is 5.82 Å². The molecule has 8 nitrogen and oxygen atoms in total. The molecule has 0 aliphatic rings. The van der Waals surface area contributed by atoms with Gasteiger partial charge in [0.25, 0.3) is 5.91 Å². The van der Waals surface area contributed by atoms with E-state index in [-0.39, 0.29) is 150 Å². The second-order valence-electron chi connectivity index (χ2n) is 7.40. The third kappa shape index (κ3) is 8.09. The summed E-state index contributed by atoms with van der Waals surface area (Å²) in [6, 6.07) is 21.7. The Bertz CT molecular complexity index is 1500. The average molecular weight is 737 g/mol. The van der Waals surface area contributed by atoms with Crippen molar-refractivity contribution in [2.75, 3.05) is 7.05 Å². The molecule has 0 spiro atoms. The number of carbonyl (C=O) groups excluding carboxylic acids is 2. The second-order valence-corrected chi connectivity index (χ2v) is 7.40. The molecule has 11 heteroatoms. The predicted molar refractivity (Wildman–Crippen MR) is 123 cm³/mol. The maximum absolute atomic E-state index is 13.4. The van der Waals surface area contributed by atoms with Crippen LogP contribution >= 0.6 is 0 Å². The van der Waals surface area contributed by atoms with Gasteiger partial charge in [-0.2, -0.15) is 5.10 Å². The van der Waals surface area contributed by atoms with Gasteiger partial charge in [0.05, 0.1) is 11.3 Å². The fourth-order valence-electron chi connectivity index (χ4n) is 3.72. The van der Waals surface area contributed by atoms with Crippen LogP contribution in [-0.2, 0) is 0 Å². The first-order valence-electron chi connectivity index (χ1n) is 10.4. The van der Waals surface area contributed by atoms with Crippen LogP contribution in [0.2, 0.25) is 0 Å². The fourth-order valence-corrected chi connectivity index (χ4v) is 3.72. The molecular formula is C26H18Cs2FN3O5. The molecule has 5 rings (SSSR count). The second kappa shape index (κ2) is 15.1. The van der Waals surface area contributed by atoms with Crippen molar-refractivity contribution in [2.45, 2.75) is 0 Å². The molecule has 3 aromatic carbocycles. The van der Waals surface area contributed by atoms with E-state index in [4.69, 9.17) is 19.4 Å². The van der Waals surface area contributed by atoms with Gasteiger partial charge < -0.3 is 24.7 Å². The van der Waals surface area contributed by atoms with Gasteiger partial charge in [0, 0.05) is 29.8 Å². The summed E-state index contributed by atoms with van der Waals surface area (Å²) < 4.78 is 19.4. The molecule has 0 radical (unpaired) electrons. The zero-order valence-electron chi connectivity index (χ0n) is 20.4. The number of hydrogen-bond donors (Lipinski definition) is 2. The minimum atomic E-state index is -2.33. The van der Waals surface area contributed by atoms with E-state index in [1.807, 2.05) is 42.5 Å². The Kier molecular flexibility index (Phi) is 13.2. The Balaban J connectivity index is 0.000000750. The van der Waals surface area contributed by atoms with E-state index >= 15 is 0 Å². The molecule has 0 saturated heterocycles. The molecule has 2 heterocycles. The van der Waals surface area contributed by atoms with Crippen LogP contribution < -0.4 is 153 Å². The normalized spacial score (nSPS) is 9.89. The van der Waals surface area contributed by atoms with E-state index in [1.54, 1.807) is 25.4 Å². The molecule has 0 atom stereocenters. The SMILES string of the molecule is CNC(=O)c1c(-c2ccc(F)cc2)oc2ccc(-c3cccc(-c4ccn[nH]4)c3)cc12.O=C([O-])[O-].[Cs+].[Cs+]. The summed E-state index contributed by atoms with van der Waals surface area (Å²) in [6.07, 6.45) is -0.619. The molecule has 0 unspecified atom stereocenters. The van der Waals surface area contributed by atoms with Crippen LogP contribution in [0.3, 0.4) is 0 Å². The molecule has 2 N–H and O–H groups in total. The van der Waals surface area contributed by atoms with Crippen molar-refractivity contribution in [3.8, 4) is 33.7 Å². The summed E-state index contributed by atoms with van der Waals surface area (Å²) in [7, 11) is 1.58. The van der Waals surface area contributed by atoms with Crippen molar-refractivity contribution >= 4 is 23.0 Å². The third-order valence-corrected chi connectivity index (χ3v) is 5.26. The molecule has 0 saturated carbocycles. The summed E-state index contributed by atoms with van der Waals surface area (Å²) in [5.41, 5.74) is 5.55. The van der Waals surface area contributed by atoms with Crippen LogP contribution in [0.25, 0.3) is 44.7 Å². The summed E-state index contributed by atoms with van der Waals surface area (Å²) in [5, 5.41) is 27.0. The zero-order valence-corrected chi connectivity index (χ0v) is 32.9. The number of nitrogens with zero attached hydrogens (tertiary/aromatic N) is 1. The molecule has 2 aromatic heterocycles. The van der Waals surface area contributed by atoms with Gasteiger partial charge in [-0.1, -0.05) is 24.3 Å². The van der Waals surface area contributed by atoms with Gasteiger partial charge >= 0.3 is 138 Å². The van der Waals surface area contributed by atoms with Gasteiger partial charge in [0.15, 0.2) is 0 Å². The van der Waals surface area contributed by atoms with Crippen LogP contribution in [0.1, 0.15) is 10.4 Å². The first-order chi connectivity index (χ1) is 16.9. The van der Waals surface area contributed by atoms with Gasteiger partial charge in [-0.15, -0.1) is 0 Å². The molecule has 0 aliphatic heterocycles. The van der Waals surface area contributed by atoms with E-state index < -0.39 is 6.16 Å². The van der Waals surface area contributed by atoms with Crippen molar-refractivity contribution in [1.82, 2.24) is 15.5 Å². The maximum atomic E-state index is 13.4. The minimum absolute atomic E-state index is 0. The smallest absolute Gasteiger partial charge is 0.652 e. The zero-order chi connectivity index (χ0) is 24.9. The molecular weight excluding hydrogens is 719 g/mol. The Morgan fingerprint density at radius 2 is 1.51 bits per heavy atom. The molecule has 5 aromatic rings. The number of carbonyl (C=O) groups is 2. The number of fused-ring (bicyclic) bond motifs is 1. The van der Waals surface area contributed by atoms with Crippen molar-refractivity contribution < 1.29 is 166 Å². The van der Waals surface area contributed by atoms with Crippen LogP contribution in [0.4, 0.5) is 9.18 Å². The largest absolute Gasteiger partial charge is 1.00 e. The molecule has 0 bridgehead atoms. The number of rotatable bonds is 4. The van der Waals surface area contributed by atoms with E-state index in [9.17, 15) is 9.18 Å². The average Bonchev–Trinajstić information content (AvgIpc) is 3.52. The number of hydrogen-bond acceptors (Lipinski definition) is 6. The molecule has 0 fully saturated rings. The summed E-state index contributed by atoms with van der Waals surface area (Å²) in [5.74, 6) is -0.195.